The van der Waals surface area contributed by atoms with Gasteiger partial charge in [0.25, 0.3) is 0 Å². The van der Waals surface area contributed by atoms with Crippen LogP contribution >= 0.6 is 0 Å². The van der Waals surface area contributed by atoms with Gasteiger partial charge >= 0.3 is 6.18 Å². The van der Waals surface area contributed by atoms with Crippen LogP contribution in [0.25, 0.3) is 10.8 Å². The fourth-order valence-electron chi connectivity index (χ4n) is 4.13. The van der Waals surface area contributed by atoms with Crippen LogP contribution in [0.4, 0.5) is 23.2 Å². The van der Waals surface area contributed by atoms with Crippen LogP contribution in [0.3, 0.4) is 0 Å². The summed E-state index contributed by atoms with van der Waals surface area (Å²) >= 11 is 0. The van der Waals surface area contributed by atoms with E-state index >= 15 is 0 Å². The Hall–Kier alpha value is -3.60. The fraction of sp³-hybridized carbons (Fsp3) is 0.250. The number of carbonyl (C=O) groups is 1. The van der Waals surface area contributed by atoms with Crippen molar-refractivity contribution in [2.24, 2.45) is 0 Å². The topological polar surface area (TPSA) is 47.3 Å². The van der Waals surface area contributed by atoms with Crippen LogP contribution < -0.4 is 5.01 Å². The third-order valence-corrected chi connectivity index (χ3v) is 5.62. The third-order valence-electron chi connectivity index (χ3n) is 5.62. The number of halogens is 4. The minimum atomic E-state index is -4.76. The molecule has 0 unspecified atom stereocenters. The summed E-state index contributed by atoms with van der Waals surface area (Å²) < 4.78 is 54.4. The summed E-state index contributed by atoms with van der Waals surface area (Å²) in [5.41, 5.74) is -0.629. The molecule has 1 aliphatic heterocycles. The van der Waals surface area contributed by atoms with E-state index in [-0.39, 0.29) is 0 Å². The van der Waals surface area contributed by atoms with Gasteiger partial charge in [0.1, 0.15) is 5.82 Å². The van der Waals surface area contributed by atoms with Gasteiger partial charge in [-0.3, -0.25) is 14.8 Å². The molecule has 0 spiro atoms. The van der Waals surface area contributed by atoms with E-state index in [2.05, 4.69) is 6.07 Å². The number of fused-ring (bicyclic) bond motifs is 1. The first-order valence-corrected chi connectivity index (χ1v) is 10.2. The lowest BCUT2D eigenvalue weighted by atomic mass is 10.0. The zero-order chi connectivity index (χ0) is 22.9. The smallest absolute Gasteiger partial charge is 0.282 e. The first-order valence-electron chi connectivity index (χ1n) is 10.2. The Morgan fingerprint density at radius 3 is 2.41 bits per heavy atom. The van der Waals surface area contributed by atoms with Gasteiger partial charge in [-0.25, -0.2) is 4.39 Å². The first kappa shape index (κ1) is 21.6. The predicted molar refractivity (Wildman–Crippen MR) is 112 cm³/mol. The Balaban J connectivity index is 1.72. The van der Waals surface area contributed by atoms with Crippen LogP contribution in [-0.2, 0) is 17.4 Å². The molecule has 1 fully saturated rings. The van der Waals surface area contributed by atoms with Gasteiger partial charge in [-0.05, 0) is 37.1 Å². The van der Waals surface area contributed by atoms with Crippen LogP contribution in [-0.4, -0.2) is 24.0 Å². The molecule has 164 valence electrons. The van der Waals surface area contributed by atoms with E-state index in [1.807, 2.05) is 24.3 Å². The van der Waals surface area contributed by atoms with Gasteiger partial charge in [0.05, 0.1) is 29.3 Å². The molecular formula is C24H19F4N3O. The standard InChI is InChI=1S/C24H19F4N3O/c25-21-9-5-8-20(24(26,27)28)19(21)14-23(32)31-13-4-3-12-30(31)22-11-10-16(15-29)17-6-1-2-7-18(17)22/h1-2,5-11H,3-4,12-14H2. The monoisotopic (exact) mass is 441 g/mol. The van der Waals surface area contributed by atoms with Crippen molar-refractivity contribution in [2.75, 3.05) is 18.1 Å². The highest BCUT2D eigenvalue weighted by atomic mass is 19.4. The molecule has 1 heterocycles. The third kappa shape index (κ3) is 3.98. The number of rotatable bonds is 3. The second kappa shape index (κ2) is 8.50. The summed E-state index contributed by atoms with van der Waals surface area (Å²) in [4.78, 5) is 13.1. The van der Waals surface area contributed by atoms with Gasteiger partial charge in [0.15, 0.2) is 0 Å². The number of amides is 1. The first-order chi connectivity index (χ1) is 15.3. The number of nitriles is 1. The van der Waals surface area contributed by atoms with Crippen molar-refractivity contribution in [3.8, 4) is 6.07 Å². The maximum absolute atomic E-state index is 14.3. The Morgan fingerprint density at radius 1 is 0.969 bits per heavy atom. The number of hydrazine groups is 1. The average Bonchev–Trinajstić information content (AvgIpc) is 2.79. The molecule has 8 heteroatoms. The highest BCUT2D eigenvalue weighted by Gasteiger charge is 2.36. The van der Waals surface area contributed by atoms with E-state index in [0.717, 1.165) is 35.4 Å². The van der Waals surface area contributed by atoms with E-state index in [4.69, 9.17) is 0 Å². The number of carbonyl (C=O) groups excluding carboxylic acids is 1. The van der Waals surface area contributed by atoms with Gasteiger partial charge in [0, 0.05) is 29.4 Å². The number of anilines is 1. The molecule has 0 bridgehead atoms. The summed E-state index contributed by atoms with van der Waals surface area (Å²) in [6.07, 6.45) is -4.00. The van der Waals surface area contributed by atoms with Gasteiger partial charge < -0.3 is 0 Å². The molecule has 4 nitrogen and oxygen atoms in total. The highest BCUT2D eigenvalue weighted by Crippen LogP contribution is 2.35. The SMILES string of the molecule is N#Cc1ccc(N2CCCCN2C(=O)Cc2c(F)cccc2C(F)(F)F)c2ccccc12. The van der Waals surface area contributed by atoms with Crippen molar-refractivity contribution in [3.63, 3.8) is 0 Å². The number of hydrogen-bond donors (Lipinski definition) is 0. The molecule has 1 aliphatic rings. The Bertz CT molecular complexity index is 1220. The summed E-state index contributed by atoms with van der Waals surface area (Å²) in [6, 6.07) is 15.5. The summed E-state index contributed by atoms with van der Waals surface area (Å²) in [7, 11) is 0. The van der Waals surface area contributed by atoms with E-state index in [9.17, 15) is 27.6 Å². The zero-order valence-electron chi connectivity index (χ0n) is 17.0. The van der Waals surface area contributed by atoms with E-state index in [0.29, 0.717) is 30.8 Å². The molecule has 0 N–H and O–H groups in total. The minimum absolute atomic E-state index is 0.308. The molecule has 4 rings (SSSR count). The Kier molecular flexibility index (Phi) is 5.74. The molecule has 0 radical (unpaired) electrons. The largest absolute Gasteiger partial charge is 0.416 e. The van der Waals surface area contributed by atoms with Crippen LogP contribution in [0.15, 0.2) is 54.6 Å². The number of benzene rings is 3. The van der Waals surface area contributed by atoms with Crippen molar-refractivity contribution in [1.29, 1.82) is 5.26 Å². The van der Waals surface area contributed by atoms with Gasteiger partial charge in [-0.15, -0.1) is 0 Å². The van der Waals surface area contributed by atoms with Crippen molar-refractivity contribution >= 4 is 22.4 Å². The average molecular weight is 441 g/mol. The van der Waals surface area contributed by atoms with Crippen LogP contribution in [0.1, 0.15) is 29.5 Å². The fourth-order valence-corrected chi connectivity index (χ4v) is 4.13. The van der Waals surface area contributed by atoms with E-state index < -0.39 is 35.4 Å². The van der Waals surface area contributed by atoms with Gasteiger partial charge in [-0.1, -0.05) is 30.3 Å². The molecule has 3 aromatic rings. The maximum Gasteiger partial charge on any atom is 0.416 e. The lowest BCUT2D eigenvalue weighted by molar-refractivity contribution is -0.139. The van der Waals surface area contributed by atoms with E-state index in [1.54, 1.807) is 17.1 Å². The zero-order valence-corrected chi connectivity index (χ0v) is 17.0. The second-order valence-electron chi connectivity index (χ2n) is 7.58. The molecule has 0 atom stereocenters. The number of alkyl halides is 3. The molecule has 0 aromatic heterocycles. The normalized spacial score (nSPS) is 14.5. The van der Waals surface area contributed by atoms with E-state index in [1.165, 1.54) is 5.01 Å². The molecular weight excluding hydrogens is 422 g/mol. The van der Waals surface area contributed by atoms with Crippen LogP contribution in [0.5, 0.6) is 0 Å². The summed E-state index contributed by atoms with van der Waals surface area (Å²) in [5, 5.41) is 14.0. The predicted octanol–water partition coefficient (Wildman–Crippen LogP) is 5.46. The van der Waals surface area contributed by atoms with Crippen molar-refractivity contribution in [3.05, 3.63) is 77.1 Å². The van der Waals surface area contributed by atoms with Crippen molar-refractivity contribution in [1.82, 2.24) is 5.01 Å². The van der Waals surface area contributed by atoms with Gasteiger partial charge in [0.2, 0.25) is 5.91 Å². The van der Waals surface area contributed by atoms with Crippen LogP contribution in [0, 0.1) is 17.1 Å². The highest BCUT2D eigenvalue weighted by molar-refractivity contribution is 5.98. The lowest BCUT2D eigenvalue weighted by Crippen LogP contribution is -2.51. The summed E-state index contributed by atoms with van der Waals surface area (Å²) in [6.45, 7) is 0.786. The minimum Gasteiger partial charge on any atom is -0.282 e. The molecule has 3 aromatic carbocycles. The molecule has 32 heavy (non-hydrogen) atoms. The Labute approximate surface area is 182 Å². The number of nitrogens with zero attached hydrogens (tertiary/aromatic N) is 3. The van der Waals surface area contributed by atoms with Crippen LogP contribution in [0.2, 0.25) is 0 Å². The maximum atomic E-state index is 14.3. The molecule has 0 saturated carbocycles. The van der Waals surface area contributed by atoms with Gasteiger partial charge in [-0.2, -0.15) is 18.4 Å². The van der Waals surface area contributed by atoms with Crippen molar-refractivity contribution < 1.29 is 22.4 Å². The van der Waals surface area contributed by atoms with Crippen molar-refractivity contribution in [2.45, 2.75) is 25.4 Å². The summed E-state index contributed by atoms with van der Waals surface area (Å²) in [5.74, 6) is -1.67. The molecule has 1 saturated heterocycles. The molecule has 0 aliphatic carbocycles. The molecule has 1 amide bonds. The number of hydrogen-bond acceptors (Lipinski definition) is 3. The quantitative estimate of drug-likeness (QED) is 0.508. The Morgan fingerprint density at radius 2 is 1.69 bits per heavy atom. The lowest BCUT2D eigenvalue weighted by Gasteiger charge is -2.41. The second-order valence-corrected chi connectivity index (χ2v) is 7.58.